The lowest BCUT2D eigenvalue weighted by Crippen LogP contribution is -2.61. The third-order valence-corrected chi connectivity index (χ3v) is 6.59. The van der Waals surface area contributed by atoms with Crippen molar-refractivity contribution in [3.8, 4) is 11.4 Å². The van der Waals surface area contributed by atoms with Crippen LogP contribution in [0.15, 0.2) is 55.1 Å². The highest BCUT2D eigenvalue weighted by molar-refractivity contribution is 5.72. The molecule has 11 heteroatoms. The van der Waals surface area contributed by atoms with E-state index < -0.39 is 23.1 Å². The first-order chi connectivity index (χ1) is 18.2. The predicted octanol–water partition coefficient (Wildman–Crippen LogP) is 4.56. The molecule has 2 atom stereocenters. The molecule has 0 spiro atoms. The first-order valence-corrected chi connectivity index (χ1v) is 12.6. The number of imidazole rings is 1. The van der Waals surface area contributed by atoms with Gasteiger partial charge in [-0.15, -0.1) is 0 Å². The van der Waals surface area contributed by atoms with Crippen LogP contribution in [0.5, 0.6) is 0 Å². The lowest BCUT2D eigenvalue weighted by atomic mass is 9.77. The van der Waals surface area contributed by atoms with E-state index in [1.54, 1.807) is 35.2 Å². The van der Waals surface area contributed by atoms with E-state index in [-0.39, 0.29) is 11.7 Å². The normalized spacial score (nSPS) is 19.8. The number of fused-ring (bicyclic) bond motifs is 1. The number of piperidine rings is 1. The van der Waals surface area contributed by atoms with Crippen LogP contribution in [0.25, 0.3) is 16.9 Å². The van der Waals surface area contributed by atoms with Gasteiger partial charge in [0.05, 0.1) is 29.1 Å². The molecule has 5 rings (SSSR count). The molecule has 10 nitrogen and oxygen atoms in total. The van der Waals surface area contributed by atoms with Crippen LogP contribution in [0.4, 0.5) is 20.8 Å². The highest BCUT2D eigenvalue weighted by atomic mass is 19.1. The van der Waals surface area contributed by atoms with Crippen LogP contribution in [0.3, 0.4) is 0 Å². The molecule has 0 aliphatic carbocycles. The van der Waals surface area contributed by atoms with E-state index in [0.29, 0.717) is 29.3 Å². The summed E-state index contributed by atoms with van der Waals surface area (Å²) in [5.74, 6) is -0.0475. The van der Waals surface area contributed by atoms with Gasteiger partial charge in [0.15, 0.2) is 5.82 Å². The van der Waals surface area contributed by atoms with Gasteiger partial charge in [-0.1, -0.05) is 0 Å². The molecule has 0 saturated carbocycles. The third-order valence-electron chi connectivity index (χ3n) is 6.59. The third kappa shape index (κ3) is 5.01. The average Bonchev–Trinajstić information content (AvgIpc) is 3.27. The van der Waals surface area contributed by atoms with Crippen LogP contribution in [0.1, 0.15) is 46.1 Å². The number of hydrogen-bond acceptors (Lipinski definition) is 8. The molecule has 1 amide bonds. The lowest BCUT2D eigenvalue weighted by Gasteiger charge is -2.45. The van der Waals surface area contributed by atoms with Crippen molar-refractivity contribution in [2.45, 2.75) is 57.7 Å². The molecule has 5 heterocycles. The number of aromatic nitrogens is 5. The molecule has 198 valence electrons. The van der Waals surface area contributed by atoms with Gasteiger partial charge in [0, 0.05) is 24.0 Å². The first kappa shape index (κ1) is 25.5. The zero-order chi connectivity index (χ0) is 26.9. The largest absolute Gasteiger partial charge is 0.444 e. The Morgan fingerprint density at radius 2 is 2.03 bits per heavy atom. The Kier molecular flexibility index (Phi) is 6.70. The fraction of sp³-hybridized carbons (Fsp3) is 0.370. The Morgan fingerprint density at radius 1 is 1.18 bits per heavy atom. The van der Waals surface area contributed by atoms with Gasteiger partial charge in [-0.25, -0.2) is 14.2 Å². The maximum Gasteiger partial charge on any atom is 0.408 e. The molecule has 0 aromatic carbocycles. The van der Waals surface area contributed by atoms with Crippen molar-refractivity contribution in [1.82, 2.24) is 35.2 Å². The first-order valence-electron chi connectivity index (χ1n) is 12.6. The van der Waals surface area contributed by atoms with E-state index >= 15 is 0 Å². The Hall–Kier alpha value is -4.12. The number of alkyl carbamates (subject to hydrolysis) is 1. The molecule has 4 aromatic rings. The zero-order valence-corrected chi connectivity index (χ0v) is 21.8. The molecule has 1 aliphatic rings. The Balaban J connectivity index is 1.54. The smallest absolute Gasteiger partial charge is 0.408 e. The van der Waals surface area contributed by atoms with Gasteiger partial charge in [-0.3, -0.25) is 9.97 Å². The van der Waals surface area contributed by atoms with E-state index in [9.17, 15) is 9.18 Å². The van der Waals surface area contributed by atoms with Crippen LogP contribution in [-0.2, 0) is 10.3 Å². The van der Waals surface area contributed by atoms with E-state index in [1.165, 1.54) is 18.3 Å². The molecule has 38 heavy (non-hydrogen) atoms. The minimum absolute atomic E-state index is 0.0967. The summed E-state index contributed by atoms with van der Waals surface area (Å²) in [6, 6.07) is 8.18. The fourth-order valence-corrected chi connectivity index (χ4v) is 4.84. The Bertz CT molecular complexity index is 1470. The number of ether oxygens (including phenoxy) is 1. The SMILES string of the molecule is C[C@@H]1NCCC[C@]1(NC(=O)OC(C)(C)C)c1ccncc1Nc1ncc2ccc(-c3ncccc3F)nn12. The summed E-state index contributed by atoms with van der Waals surface area (Å²) < 4.78 is 21.6. The molecule has 0 radical (unpaired) electrons. The molecule has 1 fully saturated rings. The van der Waals surface area contributed by atoms with Crippen LogP contribution < -0.4 is 16.0 Å². The van der Waals surface area contributed by atoms with Crippen LogP contribution in [-0.4, -0.2) is 48.8 Å². The number of hydrogen-bond donors (Lipinski definition) is 3. The second-order valence-corrected chi connectivity index (χ2v) is 10.4. The summed E-state index contributed by atoms with van der Waals surface area (Å²) in [4.78, 5) is 26.0. The number of nitrogens with zero attached hydrogens (tertiary/aromatic N) is 5. The van der Waals surface area contributed by atoms with E-state index in [4.69, 9.17) is 4.74 Å². The quantitative estimate of drug-likeness (QED) is 0.352. The van der Waals surface area contributed by atoms with Gasteiger partial charge in [-0.05, 0) is 77.4 Å². The van der Waals surface area contributed by atoms with Crippen molar-refractivity contribution >= 4 is 23.2 Å². The van der Waals surface area contributed by atoms with Crippen LogP contribution in [0.2, 0.25) is 0 Å². The number of nitrogens with one attached hydrogen (secondary N) is 3. The van der Waals surface area contributed by atoms with Gasteiger partial charge >= 0.3 is 6.09 Å². The van der Waals surface area contributed by atoms with Crippen LogP contribution >= 0.6 is 0 Å². The molecular weight excluding hydrogens is 487 g/mol. The molecule has 1 aliphatic heterocycles. The van der Waals surface area contributed by atoms with Gasteiger partial charge in [-0.2, -0.15) is 9.61 Å². The maximum atomic E-state index is 14.4. The van der Waals surface area contributed by atoms with Crippen molar-refractivity contribution in [3.05, 3.63) is 66.5 Å². The minimum Gasteiger partial charge on any atom is -0.444 e. The van der Waals surface area contributed by atoms with Gasteiger partial charge in [0.2, 0.25) is 5.95 Å². The second kappa shape index (κ2) is 9.97. The number of carbonyl (C=O) groups excluding carboxylic acids is 1. The van der Waals surface area contributed by atoms with E-state index in [1.807, 2.05) is 33.8 Å². The molecule has 4 aromatic heterocycles. The lowest BCUT2D eigenvalue weighted by molar-refractivity contribution is 0.0394. The highest BCUT2D eigenvalue weighted by Gasteiger charge is 2.44. The minimum atomic E-state index is -0.769. The molecular formula is C27H31FN8O2. The standard InChI is InChI=1S/C27H31FN8O2/c1-17-27(11-6-13-30-17,34-25(37)38-26(2,3)4)19-10-14-29-16-22(19)33-24-32-15-18-8-9-21(35-36(18)24)23-20(28)7-5-12-31-23/h5,7-10,12,14-17,30H,6,11,13H2,1-4H3,(H,32,33)(H,34,37)/t17-,27+/m0/s1. The van der Waals surface area contributed by atoms with Gasteiger partial charge in [0.1, 0.15) is 17.0 Å². The zero-order valence-electron chi connectivity index (χ0n) is 21.8. The highest BCUT2D eigenvalue weighted by Crippen LogP contribution is 2.38. The predicted molar refractivity (Wildman–Crippen MR) is 141 cm³/mol. The summed E-state index contributed by atoms with van der Waals surface area (Å²) >= 11 is 0. The number of rotatable bonds is 5. The van der Waals surface area contributed by atoms with Crippen molar-refractivity contribution in [1.29, 1.82) is 0 Å². The Morgan fingerprint density at radius 3 is 2.79 bits per heavy atom. The van der Waals surface area contributed by atoms with E-state index in [0.717, 1.165) is 18.5 Å². The van der Waals surface area contributed by atoms with Crippen molar-refractivity contribution in [2.75, 3.05) is 11.9 Å². The number of carbonyl (C=O) groups is 1. The van der Waals surface area contributed by atoms with Crippen molar-refractivity contribution in [3.63, 3.8) is 0 Å². The van der Waals surface area contributed by atoms with Gasteiger partial charge in [0.25, 0.3) is 0 Å². The monoisotopic (exact) mass is 518 g/mol. The topological polar surface area (TPSA) is 118 Å². The summed E-state index contributed by atoms with van der Waals surface area (Å²) in [7, 11) is 0. The second-order valence-electron chi connectivity index (χ2n) is 10.4. The number of pyridine rings is 2. The fourth-order valence-electron chi connectivity index (χ4n) is 4.84. The summed E-state index contributed by atoms with van der Waals surface area (Å²) in [5, 5.41) is 14.6. The van der Waals surface area contributed by atoms with Crippen LogP contribution in [0, 0.1) is 5.82 Å². The number of halogens is 1. The molecule has 3 N–H and O–H groups in total. The number of amides is 1. The Labute approximate surface area is 220 Å². The van der Waals surface area contributed by atoms with Gasteiger partial charge < -0.3 is 20.7 Å². The molecule has 0 unspecified atom stereocenters. The molecule has 1 saturated heterocycles. The van der Waals surface area contributed by atoms with Crippen molar-refractivity contribution < 1.29 is 13.9 Å². The van der Waals surface area contributed by atoms with E-state index in [2.05, 4.69) is 36.0 Å². The molecule has 0 bridgehead atoms. The summed E-state index contributed by atoms with van der Waals surface area (Å²) in [6.07, 6.45) is 7.64. The van der Waals surface area contributed by atoms with Crippen molar-refractivity contribution in [2.24, 2.45) is 0 Å². The average molecular weight is 519 g/mol. The number of anilines is 2. The summed E-state index contributed by atoms with van der Waals surface area (Å²) in [5.41, 5.74) is 1.32. The summed E-state index contributed by atoms with van der Waals surface area (Å²) in [6.45, 7) is 8.39. The maximum absolute atomic E-state index is 14.4.